The highest BCUT2D eigenvalue weighted by Crippen LogP contribution is 2.26. The molecule has 0 aromatic carbocycles. The van der Waals surface area contributed by atoms with Crippen molar-refractivity contribution in [2.45, 2.75) is 51.1 Å². The monoisotopic (exact) mass is 286 g/mol. The summed E-state index contributed by atoms with van der Waals surface area (Å²) >= 11 is 0. The maximum Gasteiger partial charge on any atom is 0.249 e. The standard InChI is InChI=1S/C13H22N2O3S/c1-3-13(4-2)12(17)15(9-11(16)14-13)10-5-7-19(18)8-6-10/h10H,3-9H2,1-2H3,(H,14,16). The Hall–Kier alpha value is -0.910. The van der Waals surface area contributed by atoms with E-state index in [9.17, 15) is 13.8 Å². The summed E-state index contributed by atoms with van der Waals surface area (Å²) < 4.78 is 11.4. The average molecular weight is 286 g/mol. The molecule has 0 radical (unpaired) electrons. The van der Waals surface area contributed by atoms with Gasteiger partial charge in [0.1, 0.15) is 5.54 Å². The summed E-state index contributed by atoms with van der Waals surface area (Å²) in [5.74, 6) is 1.24. The van der Waals surface area contributed by atoms with Crippen molar-refractivity contribution >= 4 is 22.6 Å². The summed E-state index contributed by atoms with van der Waals surface area (Å²) in [6.45, 7) is 4.01. The molecule has 2 heterocycles. The minimum atomic E-state index is -0.747. The third kappa shape index (κ3) is 2.68. The number of hydrogen-bond acceptors (Lipinski definition) is 3. The third-order valence-electron chi connectivity index (χ3n) is 4.37. The number of rotatable bonds is 3. The molecule has 0 aromatic heterocycles. The second-order valence-electron chi connectivity index (χ2n) is 5.35. The molecular weight excluding hydrogens is 264 g/mol. The van der Waals surface area contributed by atoms with Crippen LogP contribution in [-0.4, -0.2) is 50.6 Å². The van der Waals surface area contributed by atoms with Gasteiger partial charge in [-0.2, -0.15) is 0 Å². The number of amides is 2. The molecule has 2 saturated heterocycles. The van der Waals surface area contributed by atoms with Gasteiger partial charge in [0.15, 0.2) is 0 Å². The molecule has 0 atom stereocenters. The summed E-state index contributed by atoms with van der Waals surface area (Å²) in [6, 6.07) is 0.0775. The van der Waals surface area contributed by atoms with E-state index in [0.29, 0.717) is 24.3 Å². The Morgan fingerprint density at radius 3 is 2.37 bits per heavy atom. The van der Waals surface area contributed by atoms with Crippen LogP contribution in [0.3, 0.4) is 0 Å². The van der Waals surface area contributed by atoms with Crippen LogP contribution in [0.5, 0.6) is 0 Å². The van der Waals surface area contributed by atoms with Crippen LogP contribution in [0.25, 0.3) is 0 Å². The van der Waals surface area contributed by atoms with E-state index in [1.54, 1.807) is 4.90 Å². The number of piperazine rings is 1. The van der Waals surface area contributed by atoms with Crippen molar-refractivity contribution in [1.29, 1.82) is 0 Å². The van der Waals surface area contributed by atoms with Crippen molar-refractivity contribution in [1.82, 2.24) is 10.2 Å². The van der Waals surface area contributed by atoms with Gasteiger partial charge in [0, 0.05) is 28.3 Å². The second kappa shape index (κ2) is 5.61. The molecule has 0 saturated carbocycles. The zero-order chi connectivity index (χ0) is 14.0. The van der Waals surface area contributed by atoms with Gasteiger partial charge in [0.25, 0.3) is 0 Å². The minimum absolute atomic E-state index is 0.0368. The van der Waals surface area contributed by atoms with Gasteiger partial charge in [-0.15, -0.1) is 0 Å². The van der Waals surface area contributed by atoms with E-state index in [2.05, 4.69) is 5.32 Å². The van der Waals surface area contributed by atoms with Gasteiger partial charge in [0.2, 0.25) is 11.8 Å². The van der Waals surface area contributed by atoms with Crippen LogP contribution in [0.2, 0.25) is 0 Å². The lowest BCUT2D eigenvalue weighted by Gasteiger charge is -2.45. The predicted octanol–water partition coefficient (Wildman–Crippen LogP) is 0.415. The van der Waals surface area contributed by atoms with E-state index in [0.717, 1.165) is 12.8 Å². The van der Waals surface area contributed by atoms with E-state index in [1.165, 1.54) is 0 Å². The zero-order valence-corrected chi connectivity index (χ0v) is 12.4. The first-order valence-electron chi connectivity index (χ1n) is 6.99. The Morgan fingerprint density at radius 1 is 1.26 bits per heavy atom. The summed E-state index contributed by atoms with van der Waals surface area (Å²) in [4.78, 5) is 26.3. The van der Waals surface area contributed by atoms with E-state index >= 15 is 0 Å². The molecule has 2 rings (SSSR count). The van der Waals surface area contributed by atoms with Gasteiger partial charge in [-0.1, -0.05) is 13.8 Å². The Balaban J connectivity index is 2.18. The van der Waals surface area contributed by atoms with Crippen molar-refractivity contribution in [2.24, 2.45) is 0 Å². The fraction of sp³-hybridized carbons (Fsp3) is 0.846. The highest BCUT2D eigenvalue weighted by Gasteiger charge is 2.46. The maximum atomic E-state index is 12.7. The molecule has 0 unspecified atom stereocenters. The van der Waals surface area contributed by atoms with Crippen molar-refractivity contribution in [3.63, 3.8) is 0 Å². The molecule has 0 bridgehead atoms. The van der Waals surface area contributed by atoms with E-state index in [4.69, 9.17) is 0 Å². The predicted molar refractivity (Wildman–Crippen MR) is 74.1 cm³/mol. The molecule has 1 N–H and O–H groups in total. The largest absolute Gasteiger partial charge is 0.340 e. The lowest BCUT2D eigenvalue weighted by molar-refractivity contribution is -0.153. The van der Waals surface area contributed by atoms with Gasteiger partial charge in [0.05, 0.1) is 6.54 Å². The fourth-order valence-electron chi connectivity index (χ4n) is 2.98. The molecule has 2 fully saturated rings. The summed E-state index contributed by atoms with van der Waals surface area (Å²) in [6.07, 6.45) is 2.72. The van der Waals surface area contributed by atoms with Gasteiger partial charge < -0.3 is 10.2 Å². The Bertz CT molecular complexity index is 397. The number of carbonyl (C=O) groups is 2. The van der Waals surface area contributed by atoms with Crippen molar-refractivity contribution in [2.75, 3.05) is 18.1 Å². The van der Waals surface area contributed by atoms with Crippen LogP contribution >= 0.6 is 0 Å². The highest BCUT2D eigenvalue weighted by atomic mass is 32.2. The van der Waals surface area contributed by atoms with Gasteiger partial charge in [-0.3, -0.25) is 13.8 Å². The third-order valence-corrected chi connectivity index (χ3v) is 5.75. The first kappa shape index (κ1) is 14.5. The van der Waals surface area contributed by atoms with Crippen LogP contribution in [0.4, 0.5) is 0 Å². The van der Waals surface area contributed by atoms with Gasteiger partial charge in [-0.25, -0.2) is 0 Å². The molecule has 2 aliphatic rings. The second-order valence-corrected chi connectivity index (χ2v) is 7.05. The molecule has 6 heteroatoms. The number of nitrogens with one attached hydrogen (secondary N) is 1. The fourth-order valence-corrected chi connectivity index (χ4v) is 4.25. The molecule has 0 aromatic rings. The van der Waals surface area contributed by atoms with Crippen LogP contribution in [0, 0.1) is 0 Å². The van der Waals surface area contributed by atoms with Gasteiger partial charge >= 0.3 is 0 Å². The average Bonchev–Trinajstić information content (AvgIpc) is 2.42. The first-order valence-corrected chi connectivity index (χ1v) is 8.48. The SMILES string of the molecule is CCC1(CC)NC(=O)CN(C2CCS(=O)CC2)C1=O. The van der Waals surface area contributed by atoms with E-state index < -0.39 is 16.3 Å². The Labute approximate surface area is 116 Å². The minimum Gasteiger partial charge on any atom is -0.340 e. The number of hydrogen-bond donors (Lipinski definition) is 1. The molecule has 5 nitrogen and oxygen atoms in total. The van der Waals surface area contributed by atoms with Crippen molar-refractivity contribution in [3.8, 4) is 0 Å². The highest BCUT2D eigenvalue weighted by molar-refractivity contribution is 7.85. The molecular formula is C13H22N2O3S. The molecule has 19 heavy (non-hydrogen) atoms. The molecule has 2 amide bonds. The zero-order valence-electron chi connectivity index (χ0n) is 11.6. The Morgan fingerprint density at radius 2 is 1.84 bits per heavy atom. The topological polar surface area (TPSA) is 66.5 Å². The normalized spacial score (nSPS) is 31.2. The molecule has 108 valence electrons. The lowest BCUT2D eigenvalue weighted by Crippen LogP contribution is -2.68. The summed E-state index contributed by atoms with van der Waals surface area (Å²) in [7, 11) is -0.747. The van der Waals surface area contributed by atoms with E-state index in [1.807, 2.05) is 13.8 Å². The number of carbonyl (C=O) groups excluding carboxylic acids is 2. The van der Waals surface area contributed by atoms with Crippen LogP contribution in [0.1, 0.15) is 39.5 Å². The maximum absolute atomic E-state index is 12.7. The lowest BCUT2D eigenvalue weighted by atomic mass is 9.87. The van der Waals surface area contributed by atoms with E-state index in [-0.39, 0.29) is 24.4 Å². The summed E-state index contributed by atoms with van der Waals surface area (Å²) in [5, 5.41) is 2.87. The Kier molecular flexibility index (Phi) is 4.28. The molecule has 0 spiro atoms. The van der Waals surface area contributed by atoms with Crippen LogP contribution in [0.15, 0.2) is 0 Å². The quantitative estimate of drug-likeness (QED) is 0.817. The molecule has 2 aliphatic heterocycles. The van der Waals surface area contributed by atoms with Crippen LogP contribution in [-0.2, 0) is 20.4 Å². The van der Waals surface area contributed by atoms with Crippen molar-refractivity contribution < 1.29 is 13.8 Å². The van der Waals surface area contributed by atoms with Crippen LogP contribution < -0.4 is 5.32 Å². The van der Waals surface area contributed by atoms with Crippen molar-refractivity contribution in [3.05, 3.63) is 0 Å². The smallest absolute Gasteiger partial charge is 0.249 e. The summed E-state index contributed by atoms with van der Waals surface area (Å²) in [5.41, 5.74) is -0.730. The number of nitrogens with zero attached hydrogens (tertiary/aromatic N) is 1. The first-order chi connectivity index (χ1) is 9.02. The van der Waals surface area contributed by atoms with Gasteiger partial charge in [-0.05, 0) is 25.7 Å². The molecule has 0 aliphatic carbocycles.